The van der Waals surface area contributed by atoms with Crippen LogP contribution in [0.25, 0.3) is 0 Å². The second kappa shape index (κ2) is 4.95. The van der Waals surface area contributed by atoms with Gasteiger partial charge in [-0.25, -0.2) is 4.98 Å². The van der Waals surface area contributed by atoms with Gasteiger partial charge >= 0.3 is 5.97 Å². The van der Waals surface area contributed by atoms with Crippen LogP contribution in [0.4, 0.5) is 5.82 Å². The van der Waals surface area contributed by atoms with Crippen LogP contribution in [-0.4, -0.2) is 17.6 Å². The molecule has 0 spiro atoms. The molecule has 0 aliphatic carbocycles. The fourth-order valence-electron chi connectivity index (χ4n) is 1.02. The Labute approximate surface area is 90.6 Å². The smallest absolute Gasteiger partial charge is 0.311 e. The first kappa shape index (κ1) is 11.0. The largest absolute Gasteiger partial charge is 0.466 e. The third-order valence-corrected chi connectivity index (χ3v) is 1.95. The molecule has 0 atom stereocenters. The average molecular weight is 259 g/mol. The quantitative estimate of drug-likeness (QED) is 0.836. The highest BCUT2D eigenvalue weighted by atomic mass is 79.9. The van der Waals surface area contributed by atoms with E-state index in [2.05, 4.69) is 20.9 Å². The number of anilines is 1. The number of nitrogens with two attached hydrogens (primary N) is 1. The molecule has 0 saturated heterocycles. The van der Waals surface area contributed by atoms with Crippen molar-refractivity contribution in [3.05, 3.63) is 22.3 Å². The first-order chi connectivity index (χ1) is 6.61. The van der Waals surface area contributed by atoms with Crippen LogP contribution >= 0.6 is 15.9 Å². The molecule has 1 aromatic heterocycles. The van der Waals surface area contributed by atoms with Gasteiger partial charge in [0.1, 0.15) is 5.82 Å². The van der Waals surface area contributed by atoms with E-state index in [1.54, 1.807) is 19.1 Å². The number of halogens is 1. The van der Waals surface area contributed by atoms with Crippen LogP contribution in [0.2, 0.25) is 0 Å². The minimum absolute atomic E-state index is 0.150. The molecule has 1 rings (SSSR count). The van der Waals surface area contributed by atoms with Gasteiger partial charge < -0.3 is 10.5 Å². The third-order valence-electron chi connectivity index (χ3n) is 1.49. The maximum atomic E-state index is 11.1. The van der Waals surface area contributed by atoms with Gasteiger partial charge in [-0.3, -0.25) is 4.79 Å². The fourth-order valence-corrected chi connectivity index (χ4v) is 1.52. The lowest BCUT2D eigenvalue weighted by molar-refractivity contribution is -0.142. The van der Waals surface area contributed by atoms with Gasteiger partial charge in [0.25, 0.3) is 0 Å². The molecule has 5 heteroatoms. The highest BCUT2D eigenvalue weighted by Gasteiger charge is 2.06. The van der Waals surface area contributed by atoms with E-state index in [9.17, 15) is 4.79 Å². The van der Waals surface area contributed by atoms with E-state index in [1.165, 1.54) is 0 Å². The Morgan fingerprint density at radius 3 is 2.93 bits per heavy atom. The van der Waals surface area contributed by atoms with Gasteiger partial charge in [0.15, 0.2) is 0 Å². The predicted octanol–water partition coefficient (Wildman–Crippen LogP) is 1.53. The van der Waals surface area contributed by atoms with E-state index < -0.39 is 0 Å². The van der Waals surface area contributed by atoms with Crippen molar-refractivity contribution in [3.63, 3.8) is 0 Å². The van der Waals surface area contributed by atoms with Crippen LogP contribution in [0.1, 0.15) is 12.6 Å². The monoisotopic (exact) mass is 258 g/mol. The number of aromatic nitrogens is 1. The maximum Gasteiger partial charge on any atom is 0.311 e. The Morgan fingerprint density at radius 2 is 2.36 bits per heavy atom. The molecule has 76 valence electrons. The van der Waals surface area contributed by atoms with Crippen molar-refractivity contribution in [3.8, 4) is 0 Å². The molecule has 0 saturated carbocycles. The number of rotatable bonds is 3. The van der Waals surface area contributed by atoms with Crippen molar-refractivity contribution < 1.29 is 9.53 Å². The summed E-state index contributed by atoms with van der Waals surface area (Å²) in [6.07, 6.45) is 0.150. The number of esters is 1. The van der Waals surface area contributed by atoms with E-state index in [1.807, 2.05) is 0 Å². The predicted molar refractivity (Wildman–Crippen MR) is 56.7 cm³/mol. The van der Waals surface area contributed by atoms with E-state index in [0.29, 0.717) is 18.1 Å². The van der Waals surface area contributed by atoms with Gasteiger partial charge in [0.05, 0.1) is 18.7 Å². The van der Waals surface area contributed by atoms with Crippen LogP contribution < -0.4 is 5.73 Å². The van der Waals surface area contributed by atoms with Crippen LogP contribution in [0.3, 0.4) is 0 Å². The molecule has 2 N–H and O–H groups in total. The van der Waals surface area contributed by atoms with Crippen molar-refractivity contribution >= 4 is 27.7 Å². The van der Waals surface area contributed by atoms with E-state index >= 15 is 0 Å². The highest BCUT2D eigenvalue weighted by molar-refractivity contribution is 9.10. The summed E-state index contributed by atoms with van der Waals surface area (Å²) in [6.45, 7) is 2.14. The molecule has 0 aliphatic rings. The molecule has 1 aromatic rings. The van der Waals surface area contributed by atoms with E-state index in [-0.39, 0.29) is 12.4 Å². The Kier molecular flexibility index (Phi) is 3.88. The van der Waals surface area contributed by atoms with Gasteiger partial charge in [0, 0.05) is 4.47 Å². The number of pyridine rings is 1. The van der Waals surface area contributed by atoms with Crippen LogP contribution in [0, 0.1) is 0 Å². The summed E-state index contributed by atoms with van der Waals surface area (Å²) in [5, 5.41) is 0. The molecule has 14 heavy (non-hydrogen) atoms. The van der Waals surface area contributed by atoms with Crippen molar-refractivity contribution in [2.75, 3.05) is 12.3 Å². The second-order valence-corrected chi connectivity index (χ2v) is 3.60. The molecule has 1 heterocycles. The summed E-state index contributed by atoms with van der Waals surface area (Å²) >= 11 is 3.27. The maximum absolute atomic E-state index is 11.1. The summed E-state index contributed by atoms with van der Waals surface area (Å²) in [4.78, 5) is 15.1. The molecule has 0 radical (unpaired) electrons. The lowest BCUT2D eigenvalue weighted by atomic mass is 10.3. The normalized spacial score (nSPS) is 9.86. The molecular formula is C9H11BrN2O2. The van der Waals surface area contributed by atoms with Gasteiger partial charge in [-0.05, 0) is 19.1 Å². The number of ether oxygens (including phenoxy) is 1. The third kappa shape index (κ3) is 3.33. The summed E-state index contributed by atoms with van der Waals surface area (Å²) in [5.74, 6) is 0.0937. The Morgan fingerprint density at radius 1 is 1.64 bits per heavy atom. The second-order valence-electron chi connectivity index (χ2n) is 2.68. The number of carbonyl (C=O) groups excluding carboxylic acids is 1. The van der Waals surface area contributed by atoms with Crippen LogP contribution in [-0.2, 0) is 16.0 Å². The lowest BCUT2D eigenvalue weighted by Crippen LogP contribution is -2.09. The van der Waals surface area contributed by atoms with Crippen LogP contribution in [0.15, 0.2) is 16.6 Å². The average Bonchev–Trinajstić information content (AvgIpc) is 2.01. The number of nitrogen functional groups attached to an aromatic ring is 1. The number of nitrogens with zero attached hydrogens (tertiary/aromatic N) is 1. The van der Waals surface area contributed by atoms with Crippen molar-refractivity contribution in [2.45, 2.75) is 13.3 Å². The Hall–Kier alpha value is -1.10. The van der Waals surface area contributed by atoms with E-state index in [4.69, 9.17) is 10.5 Å². The standard InChI is InChI=1S/C9H11BrN2O2/c1-2-14-9(13)5-7-3-6(10)4-8(11)12-7/h3-4H,2,5H2,1H3,(H2,11,12). The number of carbonyl (C=O) groups is 1. The molecule has 0 aliphatic heterocycles. The Bertz CT molecular complexity index is 321. The first-order valence-electron chi connectivity index (χ1n) is 4.19. The highest BCUT2D eigenvalue weighted by Crippen LogP contribution is 2.14. The number of hydrogen-bond donors (Lipinski definition) is 1. The zero-order chi connectivity index (χ0) is 10.6. The minimum atomic E-state index is -0.294. The fraction of sp³-hybridized carbons (Fsp3) is 0.333. The van der Waals surface area contributed by atoms with Crippen molar-refractivity contribution in [1.82, 2.24) is 4.98 Å². The van der Waals surface area contributed by atoms with Gasteiger partial charge in [0.2, 0.25) is 0 Å². The summed E-state index contributed by atoms with van der Waals surface area (Å²) in [5.41, 5.74) is 6.12. The zero-order valence-electron chi connectivity index (χ0n) is 7.79. The topological polar surface area (TPSA) is 65.2 Å². The van der Waals surface area contributed by atoms with Gasteiger partial charge in [-0.1, -0.05) is 15.9 Å². The van der Waals surface area contributed by atoms with Gasteiger partial charge in [-0.15, -0.1) is 0 Å². The zero-order valence-corrected chi connectivity index (χ0v) is 9.37. The number of hydrogen-bond acceptors (Lipinski definition) is 4. The molecule has 0 fully saturated rings. The molecule has 4 nitrogen and oxygen atoms in total. The van der Waals surface area contributed by atoms with Gasteiger partial charge in [-0.2, -0.15) is 0 Å². The van der Waals surface area contributed by atoms with Crippen molar-refractivity contribution in [2.24, 2.45) is 0 Å². The van der Waals surface area contributed by atoms with E-state index in [0.717, 1.165) is 4.47 Å². The van der Waals surface area contributed by atoms with Crippen LogP contribution in [0.5, 0.6) is 0 Å². The Balaban J connectivity index is 2.71. The molecule has 0 aromatic carbocycles. The molecule has 0 amide bonds. The molecule has 0 bridgehead atoms. The molecule has 0 unspecified atom stereocenters. The summed E-state index contributed by atoms with van der Waals surface area (Å²) in [7, 11) is 0. The summed E-state index contributed by atoms with van der Waals surface area (Å²) in [6, 6.07) is 3.42. The summed E-state index contributed by atoms with van der Waals surface area (Å²) < 4.78 is 5.60. The minimum Gasteiger partial charge on any atom is -0.466 e. The lowest BCUT2D eigenvalue weighted by Gasteiger charge is -2.02. The first-order valence-corrected chi connectivity index (χ1v) is 4.98. The molecular weight excluding hydrogens is 248 g/mol. The van der Waals surface area contributed by atoms with Crippen molar-refractivity contribution in [1.29, 1.82) is 0 Å². The SMILES string of the molecule is CCOC(=O)Cc1cc(Br)cc(N)n1.